The van der Waals surface area contributed by atoms with E-state index in [-0.39, 0.29) is 5.95 Å². The summed E-state index contributed by atoms with van der Waals surface area (Å²) in [5, 5.41) is 2.88. The smallest absolute Gasteiger partial charge is 0.313 e. The van der Waals surface area contributed by atoms with Crippen molar-refractivity contribution in [3.8, 4) is 0 Å². The molecule has 0 aliphatic heterocycles. The first-order chi connectivity index (χ1) is 7.24. The van der Waals surface area contributed by atoms with Gasteiger partial charge in [-0.3, -0.25) is 0 Å². The van der Waals surface area contributed by atoms with E-state index in [1.54, 1.807) is 6.92 Å². The van der Waals surface area contributed by atoms with Gasteiger partial charge in [-0.15, -0.1) is 0 Å². The number of benzene rings is 1. The SMILES string of the molecule is Cc1nc(F)nc(Nc2ccccc2)n1. The van der Waals surface area contributed by atoms with Crippen molar-refractivity contribution in [3.05, 3.63) is 42.2 Å². The van der Waals surface area contributed by atoms with E-state index in [4.69, 9.17) is 0 Å². The maximum atomic E-state index is 12.8. The molecule has 0 saturated carbocycles. The zero-order valence-corrected chi connectivity index (χ0v) is 8.11. The van der Waals surface area contributed by atoms with E-state index in [2.05, 4.69) is 20.3 Å². The molecule has 15 heavy (non-hydrogen) atoms. The van der Waals surface area contributed by atoms with Crippen molar-refractivity contribution in [1.82, 2.24) is 15.0 Å². The molecule has 0 bridgehead atoms. The van der Waals surface area contributed by atoms with Gasteiger partial charge in [0.05, 0.1) is 0 Å². The Morgan fingerprint density at radius 3 is 2.47 bits per heavy atom. The minimum absolute atomic E-state index is 0.214. The third-order valence-corrected chi connectivity index (χ3v) is 1.75. The van der Waals surface area contributed by atoms with Crippen LogP contribution in [0, 0.1) is 13.0 Å². The first-order valence-electron chi connectivity index (χ1n) is 4.44. The van der Waals surface area contributed by atoms with Crippen molar-refractivity contribution in [2.45, 2.75) is 6.92 Å². The average molecular weight is 204 g/mol. The van der Waals surface area contributed by atoms with Gasteiger partial charge < -0.3 is 5.32 Å². The Labute approximate surface area is 86.2 Å². The van der Waals surface area contributed by atoms with Crippen LogP contribution in [0.1, 0.15) is 5.82 Å². The summed E-state index contributed by atoms with van der Waals surface area (Å²) < 4.78 is 12.8. The lowest BCUT2D eigenvalue weighted by molar-refractivity contribution is 0.529. The van der Waals surface area contributed by atoms with Crippen LogP contribution in [0.2, 0.25) is 0 Å². The van der Waals surface area contributed by atoms with E-state index < -0.39 is 6.08 Å². The standard InChI is InChI=1S/C10H9FN4/c1-7-12-9(11)15-10(13-7)14-8-5-3-2-4-6-8/h2-6H,1H3,(H,12,13,14,15). The van der Waals surface area contributed by atoms with Crippen LogP contribution < -0.4 is 5.32 Å². The fourth-order valence-electron chi connectivity index (χ4n) is 1.16. The quantitative estimate of drug-likeness (QED) is 0.813. The molecule has 0 unspecified atom stereocenters. The van der Waals surface area contributed by atoms with Crippen LogP contribution in [0.5, 0.6) is 0 Å². The third kappa shape index (κ3) is 2.46. The second-order valence-corrected chi connectivity index (χ2v) is 2.97. The number of nitrogens with one attached hydrogen (secondary N) is 1. The molecule has 0 radical (unpaired) electrons. The third-order valence-electron chi connectivity index (χ3n) is 1.75. The Bertz CT molecular complexity index is 438. The number of aromatic nitrogens is 3. The number of para-hydroxylation sites is 1. The van der Waals surface area contributed by atoms with Gasteiger partial charge in [-0.25, -0.2) is 0 Å². The lowest BCUT2D eigenvalue weighted by Crippen LogP contribution is -2.03. The number of hydrogen-bond acceptors (Lipinski definition) is 4. The molecule has 1 aromatic heterocycles. The molecule has 2 rings (SSSR count). The molecule has 4 nitrogen and oxygen atoms in total. The largest absolute Gasteiger partial charge is 0.324 e. The first kappa shape index (κ1) is 9.51. The maximum Gasteiger partial charge on any atom is 0.313 e. The molecule has 0 spiro atoms. The fraction of sp³-hybridized carbons (Fsp3) is 0.100. The molecule has 1 N–H and O–H groups in total. The molecule has 0 fully saturated rings. The lowest BCUT2D eigenvalue weighted by atomic mass is 10.3. The number of halogens is 1. The fourth-order valence-corrected chi connectivity index (χ4v) is 1.16. The number of nitrogens with zero attached hydrogens (tertiary/aromatic N) is 3. The molecule has 0 aliphatic carbocycles. The van der Waals surface area contributed by atoms with Gasteiger partial charge in [0.15, 0.2) is 0 Å². The van der Waals surface area contributed by atoms with Crippen molar-refractivity contribution in [2.75, 3.05) is 5.32 Å². The van der Waals surface area contributed by atoms with Crippen LogP contribution in [0.25, 0.3) is 0 Å². The van der Waals surface area contributed by atoms with Gasteiger partial charge in [0, 0.05) is 5.69 Å². The van der Waals surface area contributed by atoms with Gasteiger partial charge in [-0.05, 0) is 19.1 Å². The molecule has 0 amide bonds. The number of rotatable bonds is 2. The van der Waals surface area contributed by atoms with E-state index in [1.807, 2.05) is 30.3 Å². The van der Waals surface area contributed by atoms with Crippen LogP contribution in [-0.2, 0) is 0 Å². The van der Waals surface area contributed by atoms with Crippen LogP contribution in [0.3, 0.4) is 0 Å². The number of anilines is 2. The average Bonchev–Trinajstić information content (AvgIpc) is 2.17. The first-order valence-corrected chi connectivity index (χ1v) is 4.44. The summed E-state index contributed by atoms with van der Waals surface area (Å²) >= 11 is 0. The van der Waals surface area contributed by atoms with Gasteiger partial charge in [0.25, 0.3) is 0 Å². The van der Waals surface area contributed by atoms with Gasteiger partial charge in [0.2, 0.25) is 5.95 Å². The summed E-state index contributed by atoms with van der Waals surface area (Å²) in [5.41, 5.74) is 0.808. The van der Waals surface area contributed by atoms with Crippen LogP contribution >= 0.6 is 0 Å². The molecule has 0 saturated heterocycles. The number of hydrogen-bond donors (Lipinski definition) is 1. The maximum absolute atomic E-state index is 12.8. The summed E-state index contributed by atoms with van der Waals surface area (Å²) in [5.74, 6) is 0.562. The summed E-state index contributed by atoms with van der Waals surface area (Å²) in [6.07, 6.45) is -0.777. The van der Waals surface area contributed by atoms with Crippen molar-refractivity contribution in [3.63, 3.8) is 0 Å². The number of aryl methyl sites for hydroxylation is 1. The Hall–Kier alpha value is -2.04. The topological polar surface area (TPSA) is 50.7 Å². The molecule has 2 aromatic rings. The highest BCUT2D eigenvalue weighted by atomic mass is 19.1. The zero-order chi connectivity index (χ0) is 10.7. The molecule has 1 aromatic carbocycles. The minimum Gasteiger partial charge on any atom is -0.324 e. The second kappa shape index (κ2) is 4.00. The molecular formula is C10H9FN4. The van der Waals surface area contributed by atoms with Crippen LogP contribution in [-0.4, -0.2) is 15.0 Å². The van der Waals surface area contributed by atoms with Gasteiger partial charge in [-0.1, -0.05) is 18.2 Å². The van der Waals surface area contributed by atoms with Crippen LogP contribution in [0.15, 0.2) is 30.3 Å². The molecule has 5 heteroatoms. The molecule has 0 aliphatic rings. The second-order valence-electron chi connectivity index (χ2n) is 2.97. The predicted molar refractivity (Wildman–Crippen MR) is 54.2 cm³/mol. The van der Waals surface area contributed by atoms with Gasteiger partial charge in [0.1, 0.15) is 5.82 Å². The zero-order valence-electron chi connectivity index (χ0n) is 8.11. The van der Waals surface area contributed by atoms with Crippen molar-refractivity contribution in [1.29, 1.82) is 0 Å². The molecular weight excluding hydrogens is 195 g/mol. The van der Waals surface area contributed by atoms with E-state index >= 15 is 0 Å². The van der Waals surface area contributed by atoms with Crippen molar-refractivity contribution >= 4 is 11.6 Å². The van der Waals surface area contributed by atoms with Crippen molar-refractivity contribution < 1.29 is 4.39 Å². The predicted octanol–water partition coefficient (Wildman–Crippen LogP) is 2.06. The van der Waals surface area contributed by atoms with Gasteiger partial charge >= 0.3 is 6.08 Å². The Balaban J connectivity index is 2.25. The summed E-state index contributed by atoms with van der Waals surface area (Å²) in [4.78, 5) is 10.9. The highest BCUT2D eigenvalue weighted by molar-refractivity contribution is 5.52. The molecule has 76 valence electrons. The normalized spacial score (nSPS) is 10.0. The van der Waals surface area contributed by atoms with E-state index in [0.29, 0.717) is 5.82 Å². The van der Waals surface area contributed by atoms with E-state index in [1.165, 1.54) is 0 Å². The van der Waals surface area contributed by atoms with Crippen LogP contribution in [0.4, 0.5) is 16.0 Å². The Morgan fingerprint density at radius 1 is 1.07 bits per heavy atom. The summed E-state index contributed by atoms with van der Waals surface area (Å²) in [6, 6.07) is 9.32. The highest BCUT2D eigenvalue weighted by Crippen LogP contribution is 2.11. The Morgan fingerprint density at radius 2 is 1.80 bits per heavy atom. The van der Waals surface area contributed by atoms with Crippen molar-refractivity contribution in [2.24, 2.45) is 0 Å². The highest BCUT2D eigenvalue weighted by Gasteiger charge is 2.02. The minimum atomic E-state index is -0.777. The lowest BCUT2D eigenvalue weighted by Gasteiger charge is -2.03. The van der Waals surface area contributed by atoms with Gasteiger partial charge in [-0.2, -0.15) is 19.3 Å². The summed E-state index contributed by atoms with van der Waals surface area (Å²) in [6.45, 7) is 1.61. The Kier molecular flexibility index (Phi) is 2.53. The van der Waals surface area contributed by atoms with E-state index in [9.17, 15) is 4.39 Å². The molecule has 1 heterocycles. The monoisotopic (exact) mass is 204 g/mol. The van der Waals surface area contributed by atoms with E-state index in [0.717, 1.165) is 5.69 Å². The molecule has 0 atom stereocenters. The summed E-state index contributed by atoms with van der Waals surface area (Å²) in [7, 11) is 0.